The van der Waals surface area contributed by atoms with Crippen LogP contribution in [0, 0.1) is 6.92 Å². The lowest BCUT2D eigenvalue weighted by Gasteiger charge is -2.19. The van der Waals surface area contributed by atoms with Gasteiger partial charge in [-0.3, -0.25) is 14.3 Å². The molecule has 0 amide bonds. The number of aliphatic hydroxyl groups is 2. The van der Waals surface area contributed by atoms with Crippen LogP contribution in [0.5, 0.6) is 0 Å². The van der Waals surface area contributed by atoms with Crippen molar-refractivity contribution >= 4 is 7.60 Å². The highest BCUT2D eigenvalue weighted by atomic mass is 31.2. The second kappa shape index (κ2) is 9.81. The van der Waals surface area contributed by atoms with Crippen LogP contribution < -0.4 is 22.3 Å². The molecule has 0 saturated carbocycles. The van der Waals surface area contributed by atoms with Crippen LogP contribution >= 0.6 is 7.60 Å². The van der Waals surface area contributed by atoms with Gasteiger partial charge in [-0.15, -0.1) is 0 Å². The number of hydrogen-bond donors (Lipinski definition) is 5. The van der Waals surface area contributed by atoms with Crippen LogP contribution in [0.15, 0.2) is 15.8 Å². The predicted molar refractivity (Wildman–Crippen MR) is 80.7 cm³/mol. The molecule has 1 rings (SSSR count). The van der Waals surface area contributed by atoms with Crippen molar-refractivity contribution in [1.82, 2.24) is 15.7 Å². The molecule has 0 spiro atoms. The first-order chi connectivity index (χ1) is 10.6. The minimum Gasteiger partial charge on any atom is -0.777 e. The molecule has 1 aromatic rings. The molecule has 0 fully saturated rings. The smallest absolute Gasteiger partial charge is 0.328 e. The third-order valence-electron chi connectivity index (χ3n) is 2.73. The number of aromatic amines is 1. The fourth-order valence-corrected chi connectivity index (χ4v) is 1.87. The molecule has 0 radical (unpaired) electrons. The van der Waals surface area contributed by atoms with E-state index in [1.165, 1.54) is 13.1 Å². The van der Waals surface area contributed by atoms with Crippen molar-refractivity contribution in [2.24, 2.45) is 0 Å². The summed E-state index contributed by atoms with van der Waals surface area (Å²) in [7, 11) is -4.54. The number of H-pyrrole nitrogens is 1. The number of rotatable bonds is 9. The zero-order valence-electron chi connectivity index (χ0n) is 13.2. The van der Waals surface area contributed by atoms with Gasteiger partial charge < -0.3 is 40.2 Å². The van der Waals surface area contributed by atoms with Crippen LogP contribution in [0.25, 0.3) is 0 Å². The monoisotopic (exact) mass is 371 g/mol. The fourth-order valence-electron chi connectivity index (χ4n) is 1.57. The van der Waals surface area contributed by atoms with E-state index in [-0.39, 0.29) is 18.3 Å². The van der Waals surface area contributed by atoms with Crippen LogP contribution in [0.2, 0.25) is 0 Å². The standard InChI is InChI=1S/C11H19N2O9P.H3N/c1-7-2-13(11(17)12-10(7)16)3-8(14)9(15)4-21-5-22-6-23(18,19)20;/h2,8-9,14-15H,3-6H2,1H3,(H,12,16,17)(H2,18,19,20);1H3. The second-order valence-corrected chi connectivity index (χ2v) is 6.35. The highest BCUT2D eigenvalue weighted by molar-refractivity contribution is 7.50. The maximum absolute atomic E-state index is 11.5. The van der Waals surface area contributed by atoms with Crippen molar-refractivity contribution in [3.05, 3.63) is 32.6 Å². The number of aryl methyl sites for hydroxylation is 1. The summed E-state index contributed by atoms with van der Waals surface area (Å²) >= 11 is 0. The van der Waals surface area contributed by atoms with Crippen LogP contribution in [0.1, 0.15) is 5.56 Å². The maximum Gasteiger partial charge on any atom is 0.328 e. The largest absolute Gasteiger partial charge is 0.777 e. The Morgan fingerprint density at radius 2 is 1.96 bits per heavy atom. The average molecular weight is 371 g/mol. The highest BCUT2D eigenvalue weighted by Gasteiger charge is 2.18. The SMILES string of the molecule is Cc1cn(CC(O)C(O)COCOCP(=O)([O-])O)c(=O)[nH]c1=O.[NH4+]. The zero-order valence-corrected chi connectivity index (χ0v) is 14.1. The molecule has 12 nitrogen and oxygen atoms in total. The van der Waals surface area contributed by atoms with Gasteiger partial charge in [0.05, 0.1) is 13.2 Å². The molecule has 0 aliphatic rings. The second-order valence-electron chi connectivity index (χ2n) is 4.82. The van der Waals surface area contributed by atoms with Gasteiger partial charge >= 0.3 is 5.69 Å². The maximum atomic E-state index is 11.5. The molecule has 1 aromatic heterocycles. The summed E-state index contributed by atoms with van der Waals surface area (Å²) in [4.78, 5) is 43.6. The number of nitrogens with one attached hydrogen (secondary N) is 1. The number of ether oxygens (including phenoxy) is 2. The van der Waals surface area contributed by atoms with Gasteiger partial charge in [-0.05, 0) is 6.92 Å². The van der Waals surface area contributed by atoms with E-state index in [0.29, 0.717) is 0 Å². The topological polar surface area (TPSA) is 211 Å². The van der Waals surface area contributed by atoms with Gasteiger partial charge in [0.1, 0.15) is 25.3 Å². The van der Waals surface area contributed by atoms with Crippen LogP contribution in [-0.2, 0) is 20.6 Å². The van der Waals surface area contributed by atoms with Gasteiger partial charge in [-0.1, -0.05) is 0 Å². The molecular formula is C11H22N3O9P. The van der Waals surface area contributed by atoms with E-state index in [9.17, 15) is 29.3 Å². The average Bonchev–Trinajstić information content (AvgIpc) is 2.42. The van der Waals surface area contributed by atoms with E-state index >= 15 is 0 Å². The van der Waals surface area contributed by atoms with Crippen molar-refractivity contribution < 1.29 is 34.0 Å². The van der Waals surface area contributed by atoms with Crippen molar-refractivity contribution in [1.29, 1.82) is 0 Å². The number of quaternary nitrogens is 1. The predicted octanol–water partition coefficient (Wildman–Crippen LogP) is -2.56. The lowest BCUT2D eigenvalue weighted by molar-refractivity contribution is -0.202. The third kappa shape index (κ3) is 7.95. The Balaban J connectivity index is 0.00000529. The van der Waals surface area contributed by atoms with Gasteiger partial charge in [0, 0.05) is 11.8 Å². The van der Waals surface area contributed by atoms with Gasteiger partial charge in [0.2, 0.25) is 0 Å². The Kier molecular flexibility index (Phi) is 9.25. The van der Waals surface area contributed by atoms with Gasteiger partial charge in [-0.2, -0.15) is 0 Å². The lowest BCUT2D eigenvalue weighted by atomic mass is 10.2. The van der Waals surface area contributed by atoms with Crippen molar-refractivity contribution in [3.8, 4) is 0 Å². The molecule has 3 atom stereocenters. The Morgan fingerprint density at radius 1 is 1.33 bits per heavy atom. The highest BCUT2D eigenvalue weighted by Crippen LogP contribution is 2.27. The van der Waals surface area contributed by atoms with Gasteiger partial charge in [-0.25, -0.2) is 4.79 Å². The summed E-state index contributed by atoms with van der Waals surface area (Å²) in [5, 5.41) is 19.5. The first-order valence-electron chi connectivity index (χ1n) is 6.45. The van der Waals surface area contributed by atoms with Gasteiger partial charge in [0.25, 0.3) is 5.56 Å². The normalized spacial score (nSPS) is 16.0. The Hall–Kier alpha value is -1.37. The molecule has 3 unspecified atom stereocenters. The van der Waals surface area contributed by atoms with E-state index in [2.05, 4.69) is 9.72 Å². The minimum atomic E-state index is -4.54. The van der Waals surface area contributed by atoms with Crippen molar-refractivity contribution in [2.45, 2.75) is 25.7 Å². The number of hydrogen-bond acceptors (Lipinski definition) is 8. The molecule has 1 heterocycles. The number of aliphatic hydroxyl groups excluding tert-OH is 2. The summed E-state index contributed by atoms with van der Waals surface area (Å²) in [6.07, 6.45) is -2.45. The molecule has 0 bridgehead atoms. The van der Waals surface area contributed by atoms with E-state index in [0.717, 1.165) is 4.57 Å². The third-order valence-corrected chi connectivity index (χ3v) is 3.24. The molecule has 0 saturated heterocycles. The van der Waals surface area contributed by atoms with Crippen LogP contribution in [-0.4, -0.2) is 56.6 Å². The molecule has 13 heteroatoms. The Morgan fingerprint density at radius 3 is 2.54 bits per heavy atom. The molecule has 0 aliphatic carbocycles. The Bertz CT molecular complexity index is 667. The quantitative estimate of drug-likeness (QED) is 0.175. The molecule has 24 heavy (non-hydrogen) atoms. The summed E-state index contributed by atoms with van der Waals surface area (Å²) in [6, 6.07) is 0. The number of nitrogens with zero attached hydrogens (tertiary/aromatic N) is 1. The van der Waals surface area contributed by atoms with Crippen LogP contribution in [0.3, 0.4) is 0 Å². The first-order valence-corrected chi connectivity index (χ1v) is 8.21. The van der Waals surface area contributed by atoms with E-state index in [4.69, 9.17) is 9.63 Å². The van der Waals surface area contributed by atoms with E-state index in [1.54, 1.807) is 0 Å². The van der Waals surface area contributed by atoms with E-state index < -0.39 is 50.8 Å². The molecule has 0 aliphatic heterocycles. The van der Waals surface area contributed by atoms with E-state index in [1.807, 2.05) is 0 Å². The number of aromatic nitrogens is 2. The van der Waals surface area contributed by atoms with Crippen molar-refractivity contribution in [3.63, 3.8) is 0 Å². The molecule has 140 valence electrons. The summed E-state index contributed by atoms with van der Waals surface area (Å²) in [6.45, 7) is 0.281. The Labute approximate surface area is 136 Å². The molecular weight excluding hydrogens is 349 g/mol. The summed E-state index contributed by atoms with van der Waals surface area (Å²) in [5.41, 5.74) is -1.01. The zero-order chi connectivity index (χ0) is 17.6. The van der Waals surface area contributed by atoms with Crippen molar-refractivity contribution in [2.75, 3.05) is 19.7 Å². The molecule has 8 N–H and O–H groups in total. The lowest BCUT2D eigenvalue weighted by Crippen LogP contribution is -2.39. The first kappa shape index (κ1) is 22.6. The minimum absolute atomic E-state index is 0. The van der Waals surface area contributed by atoms with Gasteiger partial charge in [0.15, 0.2) is 7.60 Å². The fraction of sp³-hybridized carbons (Fsp3) is 0.636. The molecule has 0 aromatic carbocycles. The summed E-state index contributed by atoms with van der Waals surface area (Å²) in [5.74, 6) is 0. The van der Waals surface area contributed by atoms with Crippen LogP contribution in [0.4, 0.5) is 0 Å². The summed E-state index contributed by atoms with van der Waals surface area (Å²) < 4.78 is 20.6.